The standard InChI is InChI=1S/C17H14N6O2S2/c1-9-7-13(23(2)17-19-11(8-26-17)15(24)25)21-22-14(9)20-16-18-10-5-3-4-6-12(10)27-16/h3-8H,1-2H3,(H,24,25)(H,18,20,22). The monoisotopic (exact) mass is 398 g/mol. The van der Waals surface area contributed by atoms with Crippen molar-refractivity contribution in [2.75, 3.05) is 17.3 Å². The minimum absolute atomic E-state index is 0.0145. The second-order valence-electron chi connectivity index (χ2n) is 5.73. The average Bonchev–Trinajstić information content (AvgIpc) is 3.29. The van der Waals surface area contributed by atoms with Crippen molar-refractivity contribution in [3.63, 3.8) is 0 Å². The summed E-state index contributed by atoms with van der Waals surface area (Å²) in [5.41, 5.74) is 1.84. The number of aromatic nitrogens is 4. The van der Waals surface area contributed by atoms with Gasteiger partial charge in [0, 0.05) is 12.4 Å². The van der Waals surface area contributed by atoms with Gasteiger partial charge in [-0.3, -0.25) is 0 Å². The Balaban J connectivity index is 1.57. The molecule has 27 heavy (non-hydrogen) atoms. The van der Waals surface area contributed by atoms with Gasteiger partial charge >= 0.3 is 5.97 Å². The summed E-state index contributed by atoms with van der Waals surface area (Å²) in [6.07, 6.45) is 0. The number of hydrogen-bond acceptors (Lipinski definition) is 9. The lowest BCUT2D eigenvalue weighted by Crippen LogP contribution is -2.13. The molecule has 8 nitrogen and oxygen atoms in total. The summed E-state index contributed by atoms with van der Waals surface area (Å²) in [5, 5.41) is 23.5. The van der Waals surface area contributed by atoms with Gasteiger partial charge in [-0.1, -0.05) is 23.5 Å². The first-order valence-corrected chi connectivity index (χ1v) is 9.60. The van der Waals surface area contributed by atoms with Crippen molar-refractivity contribution in [3.8, 4) is 0 Å². The maximum absolute atomic E-state index is 11.0. The quantitative estimate of drug-likeness (QED) is 0.519. The molecule has 0 atom stereocenters. The molecule has 136 valence electrons. The Morgan fingerprint density at radius 1 is 1.22 bits per heavy atom. The third-order valence-corrected chi connectivity index (χ3v) is 5.70. The number of thiazole rings is 2. The molecule has 4 rings (SSSR count). The van der Waals surface area contributed by atoms with Crippen LogP contribution >= 0.6 is 22.7 Å². The largest absolute Gasteiger partial charge is 0.476 e. The number of hydrogen-bond donors (Lipinski definition) is 2. The highest BCUT2D eigenvalue weighted by Crippen LogP contribution is 2.30. The van der Waals surface area contributed by atoms with E-state index in [2.05, 4.69) is 25.5 Å². The molecular weight excluding hydrogens is 384 g/mol. The molecule has 0 aliphatic heterocycles. The molecule has 0 aliphatic carbocycles. The lowest BCUT2D eigenvalue weighted by atomic mass is 10.3. The fourth-order valence-electron chi connectivity index (χ4n) is 2.40. The maximum atomic E-state index is 11.0. The van der Waals surface area contributed by atoms with Crippen molar-refractivity contribution in [1.29, 1.82) is 0 Å². The van der Waals surface area contributed by atoms with Gasteiger partial charge in [0.05, 0.1) is 10.2 Å². The summed E-state index contributed by atoms with van der Waals surface area (Å²) in [5.74, 6) is 0.147. The molecule has 3 heterocycles. The number of para-hydroxylation sites is 1. The molecule has 10 heteroatoms. The molecular formula is C17H14N6O2S2. The summed E-state index contributed by atoms with van der Waals surface area (Å²) in [4.78, 5) is 21.3. The lowest BCUT2D eigenvalue weighted by molar-refractivity contribution is 0.0691. The van der Waals surface area contributed by atoms with E-state index in [1.807, 2.05) is 37.3 Å². The van der Waals surface area contributed by atoms with Gasteiger partial charge in [-0.2, -0.15) is 0 Å². The second-order valence-corrected chi connectivity index (χ2v) is 7.59. The van der Waals surface area contributed by atoms with E-state index < -0.39 is 5.97 Å². The van der Waals surface area contributed by atoms with Crippen molar-refractivity contribution in [3.05, 3.63) is 47.0 Å². The van der Waals surface area contributed by atoms with Crippen molar-refractivity contribution >= 4 is 60.8 Å². The number of benzene rings is 1. The Morgan fingerprint density at radius 3 is 2.74 bits per heavy atom. The second kappa shape index (κ2) is 6.89. The van der Waals surface area contributed by atoms with E-state index in [1.54, 1.807) is 23.3 Å². The predicted molar refractivity (Wildman–Crippen MR) is 107 cm³/mol. The third-order valence-electron chi connectivity index (χ3n) is 3.83. The highest BCUT2D eigenvalue weighted by Gasteiger charge is 2.15. The van der Waals surface area contributed by atoms with Gasteiger partial charge in [0.2, 0.25) is 0 Å². The number of aryl methyl sites for hydroxylation is 1. The Bertz CT molecular complexity index is 1110. The van der Waals surface area contributed by atoms with Crippen LogP contribution < -0.4 is 10.2 Å². The van der Waals surface area contributed by atoms with Gasteiger partial charge in [0.25, 0.3) is 0 Å². The SMILES string of the molecule is Cc1cc(N(C)c2nc(C(=O)O)cs2)nnc1Nc1nc2ccccc2s1. The fourth-order valence-corrected chi connectivity index (χ4v) is 4.04. The van der Waals surface area contributed by atoms with Crippen LogP contribution in [0, 0.1) is 6.92 Å². The molecule has 0 spiro atoms. The van der Waals surface area contributed by atoms with Crippen molar-refractivity contribution in [2.24, 2.45) is 0 Å². The molecule has 1 aromatic carbocycles. The zero-order valence-corrected chi connectivity index (χ0v) is 16.0. The number of rotatable bonds is 5. The van der Waals surface area contributed by atoms with Crippen molar-refractivity contribution < 1.29 is 9.90 Å². The summed E-state index contributed by atoms with van der Waals surface area (Å²) in [7, 11) is 1.77. The minimum atomic E-state index is -1.05. The molecule has 0 amide bonds. The van der Waals surface area contributed by atoms with Crippen LogP contribution in [-0.2, 0) is 0 Å². The van der Waals surface area contributed by atoms with Gasteiger partial charge < -0.3 is 15.3 Å². The number of carbonyl (C=O) groups is 1. The predicted octanol–water partition coefficient (Wildman–Crippen LogP) is 4.06. The maximum Gasteiger partial charge on any atom is 0.355 e. The molecule has 2 N–H and O–H groups in total. The van der Waals surface area contributed by atoms with E-state index >= 15 is 0 Å². The van der Waals surface area contributed by atoms with Gasteiger partial charge in [-0.15, -0.1) is 21.5 Å². The summed E-state index contributed by atoms with van der Waals surface area (Å²) in [6, 6.07) is 9.79. The minimum Gasteiger partial charge on any atom is -0.476 e. The number of anilines is 4. The van der Waals surface area contributed by atoms with Crippen LogP contribution in [0.25, 0.3) is 10.2 Å². The number of carboxylic acid groups (broad SMARTS) is 1. The van der Waals surface area contributed by atoms with Gasteiger partial charge in [-0.05, 0) is 30.7 Å². The number of aromatic carboxylic acids is 1. The van der Waals surface area contributed by atoms with Crippen LogP contribution in [0.1, 0.15) is 16.1 Å². The number of nitrogens with one attached hydrogen (secondary N) is 1. The molecule has 0 bridgehead atoms. The van der Waals surface area contributed by atoms with Crippen LogP contribution in [0.15, 0.2) is 35.7 Å². The lowest BCUT2D eigenvalue weighted by Gasteiger charge is -2.15. The van der Waals surface area contributed by atoms with Crippen molar-refractivity contribution in [1.82, 2.24) is 20.2 Å². The third kappa shape index (κ3) is 3.44. The zero-order chi connectivity index (χ0) is 19.0. The van der Waals surface area contributed by atoms with E-state index in [9.17, 15) is 4.79 Å². The Morgan fingerprint density at radius 2 is 2.04 bits per heavy atom. The normalized spacial score (nSPS) is 10.9. The number of nitrogens with zero attached hydrogens (tertiary/aromatic N) is 5. The first-order chi connectivity index (χ1) is 13.0. The Labute approximate surface area is 162 Å². The van der Waals surface area contributed by atoms with Crippen LogP contribution in [0.4, 0.5) is 21.9 Å². The summed E-state index contributed by atoms with van der Waals surface area (Å²) >= 11 is 2.79. The van der Waals surface area contributed by atoms with Crippen molar-refractivity contribution in [2.45, 2.75) is 6.92 Å². The van der Waals surface area contributed by atoms with Gasteiger partial charge in [0.1, 0.15) is 0 Å². The van der Waals surface area contributed by atoms with Crippen LogP contribution in [-0.4, -0.2) is 38.3 Å². The van der Waals surface area contributed by atoms with E-state index in [-0.39, 0.29) is 5.69 Å². The molecule has 0 unspecified atom stereocenters. The highest BCUT2D eigenvalue weighted by molar-refractivity contribution is 7.22. The number of fused-ring (bicyclic) bond motifs is 1. The molecule has 4 aromatic rings. The molecule has 0 fully saturated rings. The Kier molecular flexibility index (Phi) is 4.42. The molecule has 0 saturated carbocycles. The first kappa shape index (κ1) is 17.3. The summed E-state index contributed by atoms with van der Waals surface area (Å²) < 4.78 is 1.10. The first-order valence-electron chi connectivity index (χ1n) is 7.91. The fraction of sp³-hybridized carbons (Fsp3) is 0.118. The zero-order valence-electron chi connectivity index (χ0n) is 14.4. The van der Waals surface area contributed by atoms with E-state index in [4.69, 9.17) is 5.11 Å². The van der Waals surface area contributed by atoms with E-state index in [0.717, 1.165) is 20.9 Å². The van der Waals surface area contributed by atoms with E-state index in [1.165, 1.54) is 16.7 Å². The molecule has 0 radical (unpaired) electrons. The van der Waals surface area contributed by atoms with Crippen LogP contribution in [0.5, 0.6) is 0 Å². The van der Waals surface area contributed by atoms with Gasteiger partial charge in [0.15, 0.2) is 27.6 Å². The molecule has 0 aliphatic rings. The van der Waals surface area contributed by atoms with Gasteiger partial charge in [-0.25, -0.2) is 14.8 Å². The van der Waals surface area contributed by atoms with Crippen LogP contribution in [0.2, 0.25) is 0 Å². The smallest absolute Gasteiger partial charge is 0.355 e. The van der Waals surface area contributed by atoms with E-state index in [0.29, 0.717) is 16.8 Å². The highest BCUT2D eigenvalue weighted by atomic mass is 32.1. The van der Waals surface area contributed by atoms with Crippen LogP contribution in [0.3, 0.4) is 0 Å². The topological polar surface area (TPSA) is 104 Å². The Hall–Kier alpha value is -3.11. The average molecular weight is 398 g/mol. The summed E-state index contributed by atoms with van der Waals surface area (Å²) in [6.45, 7) is 1.92. The molecule has 3 aromatic heterocycles. The number of carboxylic acids is 1. The molecule has 0 saturated heterocycles.